The van der Waals surface area contributed by atoms with E-state index in [1.165, 1.54) is 36.5 Å². The number of carbonyl (C=O) groups is 1. The maximum atomic E-state index is 11.5. The van der Waals surface area contributed by atoms with Crippen LogP contribution in [0.4, 0.5) is 0 Å². The highest BCUT2D eigenvalue weighted by molar-refractivity contribution is 7.12. The Balaban J connectivity index is 1.38. The molecule has 164 valence electrons. The molecule has 3 atom stereocenters. The number of esters is 1. The fourth-order valence-electron chi connectivity index (χ4n) is 4.67. The van der Waals surface area contributed by atoms with Crippen molar-refractivity contribution in [3.63, 3.8) is 0 Å². The lowest BCUT2D eigenvalue weighted by molar-refractivity contribution is -0.158. The molecule has 0 spiro atoms. The molecular weight excluding hydrogens is 410 g/mol. The van der Waals surface area contributed by atoms with E-state index < -0.39 is 0 Å². The molecule has 1 aliphatic carbocycles. The van der Waals surface area contributed by atoms with Crippen molar-refractivity contribution in [2.75, 3.05) is 6.61 Å². The molecule has 3 heterocycles. The van der Waals surface area contributed by atoms with E-state index in [-0.39, 0.29) is 24.3 Å². The lowest BCUT2D eigenvalue weighted by atomic mass is 9.92. The lowest BCUT2D eigenvalue weighted by Gasteiger charge is -2.34. The van der Waals surface area contributed by atoms with E-state index in [9.17, 15) is 4.79 Å². The minimum absolute atomic E-state index is 0.0518. The fourth-order valence-corrected chi connectivity index (χ4v) is 5.61. The van der Waals surface area contributed by atoms with Crippen molar-refractivity contribution in [2.24, 2.45) is 0 Å². The topological polar surface area (TPSA) is 57.7 Å². The summed E-state index contributed by atoms with van der Waals surface area (Å²) in [4.78, 5) is 17.3. The van der Waals surface area contributed by atoms with Gasteiger partial charge in [-0.15, -0.1) is 11.3 Å². The average molecular weight is 440 g/mol. The van der Waals surface area contributed by atoms with Crippen molar-refractivity contribution >= 4 is 23.1 Å². The van der Waals surface area contributed by atoms with Gasteiger partial charge < -0.3 is 14.2 Å². The van der Waals surface area contributed by atoms with Crippen LogP contribution in [0, 0.1) is 0 Å². The van der Waals surface area contributed by atoms with Crippen LogP contribution in [0.3, 0.4) is 0 Å². The molecule has 0 bridgehead atoms. The van der Waals surface area contributed by atoms with E-state index >= 15 is 0 Å². The van der Waals surface area contributed by atoms with E-state index in [1.807, 2.05) is 6.20 Å². The molecule has 3 aliphatic rings. The van der Waals surface area contributed by atoms with Crippen LogP contribution in [0.2, 0.25) is 0 Å². The molecule has 1 aromatic carbocycles. The predicted molar refractivity (Wildman–Crippen MR) is 120 cm³/mol. The second kappa shape index (κ2) is 8.75. The minimum atomic E-state index is -0.219. The Morgan fingerprint density at radius 3 is 2.90 bits per heavy atom. The van der Waals surface area contributed by atoms with E-state index in [0.717, 1.165) is 41.5 Å². The van der Waals surface area contributed by atoms with Gasteiger partial charge in [0.05, 0.1) is 28.7 Å². The van der Waals surface area contributed by atoms with Gasteiger partial charge in [0, 0.05) is 38.8 Å². The third-order valence-electron chi connectivity index (χ3n) is 6.20. The first-order chi connectivity index (χ1) is 15.0. The maximum Gasteiger partial charge on any atom is 0.302 e. The molecule has 0 N–H and O–H groups in total. The number of benzene rings is 1. The Morgan fingerprint density at radius 1 is 1.29 bits per heavy atom. The third-order valence-corrected chi connectivity index (χ3v) is 7.21. The molecule has 2 aliphatic heterocycles. The summed E-state index contributed by atoms with van der Waals surface area (Å²) in [5.41, 5.74) is 3.95. The number of aromatic nitrogens is 1. The number of hydrogen-bond donors (Lipinski definition) is 0. The van der Waals surface area contributed by atoms with Gasteiger partial charge in [-0.05, 0) is 48.4 Å². The maximum absolute atomic E-state index is 11.5. The summed E-state index contributed by atoms with van der Waals surface area (Å²) in [6, 6.07) is 6.78. The standard InChI is InChI=1S/C25H29NO4S/c1-15-10-20(30-16(2)27)13-23(29-15)18-7-8-21(17-5-6-17)19(11-18)12-25-26-14-24(31-25)22-4-3-9-28-22/h4,7-8,11,14-15,17,20,23H,3,5-6,9-10,12-13H2,1-2H3. The highest BCUT2D eigenvalue weighted by Gasteiger charge is 2.32. The van der Waals surface area contributed by atoms with Gasteiger partial charge in [-0.1, -0.05) is 18.2 Å². The predicted octanol–water partition coefficient (Wildman–Crippen LogP) is 5.54. The zero-order valence-electron chi connectivity index (χ0n) is 18.1. The van der Waals surface area contributed by atoms with Crippen molar-refractivity contribution in [1.29, 1.82) is 0 Å². The van der Waals surface area contributed by atoms with Gasteiger partial charge in [0.2, 0.25) is 0 Å². The molecule has 1 aromatic heterocycles. The summed E-state index contributed by atoms with van der Waals surface area (Å²) in [7, 11) is 0. The molecule has 31 heavy (non-hydrogen) atoms. The van der Waals surface area contributed by atoms with Crippen molar-refractivity contribution < 1.29 is 19.0 Å². The largest absolute Gasteiger partial charge is 0.492 e. The molecule has 1 saturated carbocycles. The van der Waals surface area contributed by atoms with E-state index in [1.54, 1.807) is 11.3 Å². The zero-order chi connectivity index (χ0) is 21.4. The van der Waals surface area contributed by atoms with Gasteiger partial charge >= 0.3 is 5.97 Å². The summed E-state index contributed by atoms with van der Waals surface area (Å²) >= 11 is 1.72. The van der Waals surface area contributed by atoms with Crippen molar-refractivity contribution in [3.8, 4) is 0 Å². The normalized spacial score (nSPS) is 25.7. The summed E-state index contributed by atoms with van der Waals surface area (Å²) in [5, 5.41) is 1.11. The summed E-state index contributed by atoms with van der Waals surface area (Å²) < 4.78 is 17.5. The first-order valence-electron chi connectivity index (χ1n) is 11.3. The van der Waals surface area contributed by atoms with Crippen LogP contribution in [0.15, 0.2) is 30.5 Å². The van der Waals surface area contributed by atoms with E-state index in [2.05, 4.69) is 36.2 Å². The monoisotopic (exact) mass is 439 g/mol. The first-order valence-corrected chi connectivity index (χ1v) is 12.1. The van der Waals surface area contributed by atoms with E-state index in [4.69, 9.17) is 14.2 Å². The Bertz CT molecular complexity index is 993. The Morgan fingerprint density at radius 2 is 2.16 bits per heavy atom. The Labute approximate surface area is 187 Å². The minimum Gasteiger partial charge on any atom is -0.492 e. The number of thiazole rings is 1. The van der Waals surface area contributed by atoms with E-state index in [0.29, 0.717) is 12.3 Å². The quantitative estimate of drug-likeness (QED) is 0.553. The molecule has 0 radical (unpaired) electrons. The summed E-state index contributed by atoms with van der Waals surface area (Å²) in [6.07, 6.45) is 9.81. The molecule has 3 unspecified atom stereocenters. The van der Waals surface area contributed by atoms with Gasteiger partial charge in [-0.25, -0.2) is 4.98 Å². The van der Waals surface area contributed by atoms with Gasteiger partial charge in [0.15, 0.2) is 0 Å². The van der Waals surface area contributed by atoms with Crippen LogP contribution in [-0.2, 0) is 25.4 Å². The van der Waals surface area contributed by atoms with Crippen LogP contribution in [0.25, 0.3) is 5.76 Å². The zero-order valence-corrected chi connectivity index (χ0v) is 19.0. The second-order valence-electron chi connectivity index (χ2n) is 8.87. The number of carbonyl (C=O) groups excluding carboxylic acids is 1. The second-order valence-corrected chi connectivity index (χ2v) is 9.99. The van der Waals surface area contributed by atoms with Crippen LogP contribution in [-0.4, -0.2) is 29.8 Å². The van der Waals surface area contributed by atoms with Gasteiger partial charge in [0.25, 0.3) is 0 Å². The van der Waals surface area contributed by atoms with Crippen molar-refractivity contribution in [1.82, 2.24) is 4.98 Å². The molecule has 0 amide bonds. The lowest BCUT2D eigenvalue weighted by Crippen LogP contribution is -2.32. The molecular formula is C25H29NO4S. The Hall–Kier alpha value is -2.18. The average Bonchev–Trinajstić information content (AvgIpc) is 3.21. The van der Waals surface area contributed by atoms with Crippen LogP contribution < -0.4 is 0 Å². The molecule has 5 nitrogen and oxygen atoms in total. The molecule has 1 saturated heterocycles. The highest BCUT2D eigenvalue weighted by atomic mass is 32.1. The van der Waals surface area contributed by atoms with Gasteiger partial charge in [-0.3, -0.25) is 4.79 Å². The fraction of sp³-hybridized carbons (Fsp3) is 0.520. The number of rotatable bonds is 6. The van der Waals surface area contributed by atoms with Crippen LogP contribution >= 0.6 is 11.3 Å². The molecule has 5 rings (SSSR count). The van der Waals surface area contributed by atoms with Gasteiger partial charge in [0.1, 0.15) is 11.9 Å². The summed E-state index contributed by atoms with van der Waals surface area (Å²) in [6.45, 7) is 4.30. The third kappa shape index (κ3) is 4.85. The van der Waals surface area contributed by atoms with Crippen LogP contribution in [0.5, 0.6) is 0 Å². The molecule has 6 heteroatoms. The SMILES string of the molecule is CC(=O)OC1CC(C)OC(c2ccc(C3CC3)c(Cc3ncc(C4=CCCO4)s3)c2)C1. The van der Waals surface area contributed by atoms with Crippen molar-refractivity contribution in [2.45, 2.75) is 76.6 Å². The van der Waals surface area contributed by atoms with Gasteiger partial charge in [-0.2, -0.15) is 0 Å². The summed E-state index contributed by atoms with van der Waals surface area (Å²) in [5.74, 6) is 1.42. The number of ether oxygens (including phenoxy) is 3. The highest BCUT2D eigenvalue weighted by Crippen LogP contribution is 2.44. The number of hydrogen-bond acceptors (Lipinski definition) is 6. The molecule has 2 aromatic rings. The number of nitrogens with zero attached hydrogens (tertiary/aromatic N) is 1. The van der Waals surface area contributed by atoms with Crippen molar-refractivity contribution in [3.05, 3.63) is 57.0 Å². The van der Waals surface area contributed by atoms with Crippen LogP contribution in [0.1, 0.15) is 84.5 Å². The smallest absolute Gasteiger partial charge is 0.302 e. The Kier molecular flexibility index (Phi) is 5.85. The molecule has 2 fully saturated rings. The first kappa shape index (κ1) is 20.7.